The van der Waals surface area contributed by atoms with Gasteiger partial charge in [0.05, 0.1) is 5.69 Å². The van der Waals surface area contributed by atoms with Crippen molar-refractivity contribution in [3.63, 3.8) is 0 Å². The molecule has 2 aromatic rings. The van der Waals surface area contributed by atoms with Crippen LogP contribution in [0.2, 0.25) is 0 Å². The minimum absolute atomic E-state index is 0.0515. The summed E-state index contributed by atoms with van der Waals surface area (Å²) in [5.41, 5.74) is 7.68. The number of benzene rings is 1. The third-order valence-electron chi connectivity index (χ3n) is 2.38. The highest BCUT2D eigenvalue weighted by Crippen LogP contribution is 2.25. The number of halogens is 2. The Morgan fingerprint density at radius 2 is 2.24 bits per heavy atom. The van der Waals surface area contributed by atoms with Crippen LogP contribution in [0.1, 0.15) is 12.6 Å². The van der Waals surface area contributed by atoms with Crippen LogP contribution >= 0.6 is 15.9 Å². The standard InChI is InChI=1S/C12H13BrFN3/c1-7(15)4-9-6-12(17-16-9)10-5-8(13)2-3-11(10)14/h2-3,5-7H,4,15H2,1H3,(H,16,17). The number of aromatic nitrogens is 2. The Morgan fingerprint density at radius 3 is 2.94 bits per heavy atom. The van der Waals surface area contributed by atoms with Crippen LogP contribution in [0.4, 0.5) is 4.39 Å². The first-order valence-corrected chi connectivity index (χ1v) is 6.11. The smallest absolute Gasteiger partial charge is 0.132 e. The molecule has 5 heteroatoms. The van der Waals surface area contributed by atoms with Gasteiger partial charge in [0, 0.05) is 28.2 Å². The van der Waals surface area contributed by atoms with E-state index in [2.05, 4.69) is 26.1 Å². The lowest BCUT2D eigenvalue weighted by atomic mass is 10.1. The zero-order chi connectivity index (χ0) is 12.4. The summed E-state index contributed by atoms with van der Waals surface area (Å²) in [5, 5.41) is 6.97. The van der Waals surface area contributed by atoms with Gasteiger partial charge < -0.3 is 5.73 Å². The maximum Gasteiger partial charge on any atom is 0.132 e. The lowest BCUT2D eigenvalue weighted by Gasteiger charge is -2.00. The van der Waals surface area contributed by atoms with Gasteiger partial charge in [-0.3, -0.25) is 5.10 Å². The molecule has 0 radical (unpaired) electrons. The minimum Gasteiger partial charge on any atom is -0.328 e. The summed E-state index contributed by atoms with van der Waals surface area (Å²) in [6, 6.07) is 6.67. The van der Waals surface area contributed by atoms with Crippen molar-refractivity contribution in [2.75, 3.05) is 0 Å². The second-order valence-electron chi connectivity index (χ2n) is 4.08. The van der Waals surface area contributed by atoms with E-state index in [4.69, 9.17) is 5.73 Å². The van der Waals surface area contributed by atoms with Crippen LogP contribution in [-0.2, 0) is 6.42 Å². The van der Waals surface area contributed by atoms with Crippen LogP contribution in [0, 0.1) is 5.82 Å². The van der Waals surface area contributed by atoms with E-state index in [1.165, 1.54) is 6.07 Å². The molecule has 3 N–H and O–H groups in total. The number of nitrogens with one attached hydrogen (secondary N) is 1. The average molecular weight is 298 g/mol. The average Bonchev–Trinajstić information content (AvgIpc) is 2.69. The van der Waals surface area contributed by atoms with Crippen molar-refractivity contribution < 1.29 is 4.39 Å². The largest absolute Gasteiger partial charge is 0.328 e. The van der Waals surface area contributed by atoms with Crippen molar-refractivity contribution >= 4 is 15.9 Å². The van der Waals surface area contributed by atoms with E-state index in [9.17, 15) is 4.39 Å². The van der Waals surface area contributed by atoms with Crippen LogP contribution in [0.15, 0.2) is 28.7 Å². The first-order chi connectivity index (χ1) is 8.06. The molecule has 1 heterocycles. The quantitative estimate of drug-likeness (QED) is 0.915. The second kappa shape index (κ2) is 4.98. The van der Waals surface area contributed by atoms with Gasteiger partial charge >= 0.3 is 0 Å². The molecule has 0 spiro atoms. The Labute approximate surface area is 107 Å². The molecule has 0 amide bonds. The molecule has 1 atom stereocenters. The van der Waals surface area contributed by atoms with Crippen molar-refractivity contribution in [2.45, 2.75) is 19.4 Å². The number of hydrogen-bond acceptors (Lipinski definition) is 2. The molecule has 1 aromatic carbocycles. The highest BCUT2D eigenvalue weighted by molar-refractivity contribution is 9.10. The minimum atomic E-state index is -0.285. The van der Waals surface area contributed by atoms with Gasteiger partial charge in [0.1, 0.15) is 5.82 Å². The molecular weight excluding hydrogens is 285 g/mol. The predicted octanol–water partition coefficient (Wildman–Crippen LogP) is 2.87. The summed E-state index contributed by atoms with van der Waals surface area (Å²) < 4.78 is 14.5. The first-order valence-electron chi connectivity index (χ1n) is 5.31. The molecule has 3 nitrogen and oxygen atoms in total. The fraction of sp³-hybridized carbons (Fsp3) is 0.250. The highest BCUT2D eigenvalue weighted by Gasteiger charge is 2.10. The molecular formula is C12H13BrFN3. The lowest BCUT2D eigenvalue weighted by Crippen LogP contribution is -2.17. The fourth-order valence-corrected chi connectivity index (χ4v) is 2.01. The third kappa shape index (κ3) is 2.92. The summed E-state index contributed by atoms with van der Waals surface area (Å²) >= 11 is 3.32. The topological polar surface area (TPSA) is 54.7 Å². The molecule has 0 aliphatic rings. The normalized spacial score (nSPS) is 12.7. The van der Waals surface area contributed by atoms with Gasteiger partial charge in [-0.15, -0.1) is 0 Å². The van der Waals surface area contributed by atoms with E-state index in [1.807, 2.05) is 13.0 Å². The van der Waals surface area contributed by atoms with E-state index in [1.54, 1.807) is 12.1 Å². The molecule has 17 heavy (non-hydrogen) atoms. The molecule has 0 fully saturated rings. The molecule has 0 bridgehead atoms. The number of nitrogens with zero attached hydrogens (tertiary/aromatic N) is 1. The molecule has 1 unspecified atom stereocenters. The van der Waals surface area contributed by atoms with Gasteiger partial charge in [0.2, 0.25) is 0 Å². The maximum absolute atomic E-state index is 13.6. The number of rotatable bonds is 3. The van der Waals surface area contributed by atoms with E-state index in [-0.39, 0.29) is 11.9 Å². The summed E-state index contributed by atoms with van der Waals surface area (Å²) in [7, 11) is 0. The highest BCUT2D eigenvalue weighted by atomic mass is 79.9. The Bertz CT molecular complexity index is 522. The van der Waals surface area contributed by atoms with E-state index in [0.717, 1.165) is 10.2 Å². The molecule has 0 aliphatic heterocycles. The Kier molecular flexibility index (Phi) is 3.59. The first kappa shape index (κ1) is 12.3. The summed E-state index contributed by atoms with van der Waals surface area (Å²) in [4.78, 5) is 0. The zero-order valence-corrected chi connectivity index (χ0v) is 11.0. The van der Waals surface area contributed by atoms with Crippen molar-refractivity contribution in [3.8, 4) is 11.3 Å². The summed E-state index contributed by atoms with van der Waals surface area (Å²) in [6.07, 6.45) is 0.697. The van der Waals surface area contributed by atoms with Gasteiger partial charge in [-0.05, 0) is 31.2 Å². The van der Waals surface area contributed by atoms with Crippen LogP contribution in [0.25, 0.3) is 11.3 Å². The van der Waals surface area contributed by atoms with Gasteiger partial charge in [-0.1, -0.05) is 15.9 Å². The second-order valence-corrected chi connectivity index (χ2v) is 5.00. The van der Waals surface area contributed by atoms with E-state index >= 15 is 0 Å². The van der Waals surface area contributed by atoms with Gasteiger partial charge in [-0.2, -0.15) is 5.10 Å². The van der Waals surface area contributed by atoms with Crippen molar-refractivity contribution in [1.82, 2.24) is 10.2 Å². The number of nitrogens with two attached hydrogens (primary N) is 1. The van der Waals surface area contributed by atoms with Crippen molar-refractivity contribution in [1.29, 1.82) is 0 Å². The van der Waals surface area contributed by atoms with Crippen LogP contribution in [-0.4, -0.2) is 16.2 Å². The van der Waals surface area contributed by atoms with Crippen LogP contribution in [0.5, 0.6) is 0 Å². The van der Waals surface area contributed by atoms with Crippen molar-refractivity contribution in [3.05, 3.63) is 40.2 Å². The van der Waals surface area contributed by atoms with Crippen molar-refractivity contribution in [2.24, 2.45) is 5.73 Å². The SMILES string of the molecule is CC(N)Cc1cc(-c2cc(Br)ccc2F)n[nH]1. The van der Waals surface area contributed by atoms with Crippen LogP contribution < -0.4 is 5.73 Å². The lowest BCUT2D eigenvalue weighted by molar-refractivity contribution is 0.630. The predicted molar refractivity (Wildman–Crippen MR) is 69.0 cm³/mol. The molecule has 1 aromatic heterocycles. The van der Waals surface area contributed by atoms with Gasteiger partial charge in [-0.25, -0.2) is 4.39 Å². The molecule has 2 rings (SSSR count). The molecule has 0 saturated heterocycles. The Balaban J connectivity index is 2.33. The van der Waals surface area contributed by atoms with Gasteiger partial charge in [0.25, 0.3) is 0 Å². The number of hydrogen-bond donors (Lipinski definition) is 2. The van der Waals surface area contributed by atoms with Gasteiger partial charge in [0.15, 0.2) is 0 Å². The Morgan fingerprint density at radius 1 is 1.47 bits per heavy atom. The summed E-state index contributed by atoms with van der Waals surface area (Å²) in [5.74, 6) is -0.285. The fourth-order valence-electron chi connectivity index (χ4n) is 1.64. The molecule has 0 aliphatic carbocycles. The molecule has 90 valence electrons. The van der Waals surface area contributed by atoms with E-state index < -0.39 is 0 Å². The number of aromatic amines is 1. The zero-order valence-electron chi connectivity index (χ0n) is 9.37. The number of H-pyrrole nitrogens is 1. The maximum atomic E-state index is 13.6. The monoisotopic (exact) mass is 297 g/mol. The molecule has 0 saturated carbocycles. The Hall–Kier alpha value is -1.20. The summed E-state index contributed by atoms with van der Waals surface area (Å²) in [6.45, 7) is 1.92. The van der Waals surface area contributed by atoms with E-state index in [0.29, 0.717) is 17.7 Å². The van der Waals surface area contributed by atoms with Crippen LogP contribution in [0.3, 0.4) is 0 Å². The third-order valence-corrected chi connectivity index (χ3v) is 2.87.